The maximum Gasteiger partial charge on any atom is 0.327 e. The highest BCUT2D eigenvalue weighted by atomic mass is 79.9. The van der Waals surface area contributed by atoms with E-state index in [0.29, 0.717) is 24.8 Å². The van der Waals surface area contributed by atoms with Crippen molar-refractivity contribution in [2.75, 3.05) is 14.2 Å². The van der Waals surface area contributed by atoms with Crippen LogP contribution < -0.4 is 0 Å². The number of halogens is 1. The summed E-state index contributed by atoms with van der Waals surface area (Å²) in [6.07, 6.45) is 1.53. The Morgan fingerprint density at radius 2 is 1.62 bits per heavy atom. The van der Waals surface area contributed by atoms with Crippen LogP contribution in [0.1, 0.15) is 38.2 Å². The molecule has 1 rings (SSSR count). The van der Waals surface area contributed by atoms with E-state index in [1.165, 1.54) is 14.2 Å². The molecule has 0 spiro atoms. The van der Waals surface area contributed by atoms with Crippen LogP contribution >= 0.6 is 15.9 Å². The predicted octanol–water partition coefficient (Wildman–Crippen LogP) is 3.99. The number of benzene rings is 1. The fraction of sp³-hybridized carbons (Fsp3) is 0.450. The van der Waals surface area contributed by atoms with Crippen LogP contribution in [0.5, 0.6) is 0 Å². The van der Waals surface area contributed by atoms with Crippen molar-refractivity contribution in [1.29, 1.82) is 0 Å². The minimum Gasteiger partial charge on any atom is -0.468 e. The lowest BCUT2D eigenvalue weighted by atomic mass is 9.74. The van der Waals surface area contributed by atoms with Crippen LogP contribution in [0.25, 0.3) is 0 Å². The van der Waals surface area contributed by atoms with E-state index >= 15 is 0 Å². The van der Waals surface area contributed by atoms with Gasteiger partial charge >= 0.3 is 11.9 Å². The number of esters is 2. The normalized spacial score (nSPS) is 11.8. The summed E-state index contributed by atoms with van der Waals surface area (Å²) >= 11 is 3.28. The van der Waals surface area contributed by atoms with Gasteiger partial charge in [-0.2, -0.15) is 0 Å². The standard InChI is InChI=1S/C20H25BrO5/c1-4-17(22)12-13-20(18(23)25-2,19(24)26-3)16(14-21)11-10-15-8-6-5-7-9-15/h5-9,14H,4,10-13H2,1-3H3/b16-14+. The summed E-state index contributed by atoms with van der Waals surface area (Å²) in [6, 6.07) is 9.74. The third-order valence-electron chi connectivity index (χ3n) is 4.45. The number of ketones is 1. The van der Waals surface area contributed by atoms with Gasteiger partial charge in [0.2, 0.25) is 0 Å². The van der Waals surface area contributed by atoms with Crippen molar-refractivity contribution in [3.05, 3.63) is 46.5 Å². The number of carbonyl (C=O) groups excluding carboxylic acids is 3. The van der Waals surface area contributed by atoms with Gasteiger partial charge in [-0.15, -0.1) is 0 Å². The number of methoxy groups -OCH3 is 2. The molecule has 0 bridgehead atoms. The van der Waals surface area contributed by atoms with Crippen molar-refractivity contribution in [2.24, 2.45) is 5.41 Å². The minimum atomic E-state index is -1.63. The Labute approximate surface area is 162 Å². The molecule has 26 heavy (non-hydrogen) atoms. The summed E-state index contributed by atoms with van der Waals surface area (Å²) < 4.78 is 9.85. The van der Waals surface area contributed by atoms with Crippen molar-refractivity contribution < 1.29 is 23.9 Å². The van der Waals surface area contributed by atoms with Gasteiger partial charge in [0.05, 0.1) is 14.2 Å². The van der Waals surface area contributed by atoms with E-state index in [1.54, 1.807) is 11.9 Å². The second-order valence-corrected chi connectivity index (χ2v) is 6.36. The number of rotatable bonds is 10. The van der Waals surface area contributed by atoms with Crippen LogP contribution in [-0.2, 0) is 30.3 Å². The first-order valence-corrected chi connectivity index (χ1v) is 9.40. The van der Waals surface area contributed by atoms with E-state index in [4.69, 9.17) is 9.47 Å². The Balaban J connectivity index is 3.21. The molecule has 0 unspecified atom stereocenters. The highest BCUT2D eigenvalue weighted by molar-refractivity contribution is 9.11. The lowest BCUT2D eigenvalue weighted by molar-refractivity contribution is -0.166. The topological polar surface area (TPSA) is 69.7 Å². The summed E-state index contributed by atoms with van der Waals surface area (Å²) in [5.41, 5.74) is -0.0244. The first-order chi connectivity index (χ1) is 12.5. The maximum absolute atomic E-state index is 12.7. The number of Topliss-reactive ketones (excluding diaryl/α,β-unsaturated/α-hetero) is 1. The molecule has 0 saturated carbocycles. The zero-order valence-corrected chi connectivity index (χ0v) is 17.0. The summed E-state index contributed by atoms with van der Waals surface area (Å²) in [5, 5.41) is 0. The quantitative estimate of drug-likeness (QED) is 0.419. The summed E-state index contributed by atoms with van der Waals surface area (Å²) in [7, 11) is 2.45. The zero-order valence-electron chi connectivity index (χ0n) is 15.4. The molecule has 0 heterocycles. The minimum absolute atomic E-state index is 0.0191. The average molecular weight is 425 g/mol. The van der Waals surface area contributed by atoms with Crippen molar-refractivity contribution in [3.63, 3.8) is 0 Å². The monoisotopic (exact) mass is 424 g/mol. The van der Waals surface area contributed by atoms with Crippen molar-refractivity contribution in [1.82, 2.24) is 0 Å². The van der Waals surface area contributed by atoms with Crippen molar-refractivity contribution >= 4 is 33.7 Å². The molecule has 0 aliphatic rings. The van der Waals surface area contributed by atoms with Crippen LogP contribution in [0.4, 0.5) is 0 Å². The molecule has 0 radical (unpaired) electrons. The molecule has 0 atom stereocenters. The van der Waals surface area contributed by atoms with Crippen LogP contribution in [0.2, 0.25) is 0 Å². The van der Waals surface area contributed by atoms with Crippen LogP contribution in [0.3, 0.4) is 0 Å². The van der Waals surface area contributed by atoms with Gasteiger partial charge in [-0.3, -0.25) is 14.4 Å². The molecule has 142 valence electrons. The predicted molar refractivity (Wildman–Crippen MR) is 103 cm³/mol. The van der Waals surface area contributed by atoms with Crippen LogP contribution in [-0.4, -0.2) is 31.9 Å². The Morgan fingerprint density at radius 1 is 1.04 bits per heavy atom. The van der Waals surface area contributed by atoms with Crippen LogP contribution in [0, 0.1) is 5.41 Å². The molecule has 0 aliphatic carbocycles. The average Bonchev–Trinajstić information content (AvgIpc) is 2.69. The summed E-state index contributed by atoms with van der Waals surface area (Å²) in [4.78, 5) is 38.7. The molecule has 5 nitrogen and oxygen atoms in total. The number of carbonyl (C=O) groups is 3. The number of hydrogen-bond donors (Lipinski definition) is 0. The Bertz CT molecular complexity index is 635. The van der Waals surface area contributed by atoms with Gasteiger partial charge in [-0.1, -0.05) is 53.2 Å². The van der Waals surface area contributed by atoms with Gasteiger partial charge in [0, 0.05) is 12.8 Å². The molecule has 0 aromatic heterocycles. The van der Waals surface area contributed by atoms with Gasteiger partial charge in [0.25, 0.3) is 0 Å². The zero-order chi connectivity index (χ0) is 19.6. The third kappa shape index (κ3) is 5.27. The van der Waals surface area contributed by atoms with Gasteiger partial charge in [0.15, 0.2) is 5.41 Å². The smallest absolute Gasteiger partial charge is 0.327 e. The molecule has 6 heteroatoms. The van der Waals surface area contributed by atoms with Gasteiger partial charge in [0.1, 0.15) is 5.78 Å². The number of aryl methyl sites for hydroxylation is 1. The third-order valence-corrected chi connectivity index (χ3v) is 5.00. The number of hydrogen-bond acceptors (Lipinski definition) is 5. The van der Waals surface area contributed by atoms with Crippen molar-refractivity contribution in [3.8, 4) is 0 Å². The fourth-order valence-corrected chi connectivity index (χ4v) is 3.47. The molecule has 0 N–H and O–H groups in total. The molecular formula is C20H25BrO5. The summed E-state index contributed by atoms with van der Waals surface area (Å²) in [6.45, 7) is 1.75. The number of ether oxygens (including phenoxy) is 2. The lowest BCUT2D eigenvalue weighted by Crippen LogP contribution is -2.43. The van der Waals surface area contributed by atoms with E-state index in [-0.39, 0.29) is 18.6 Å². The second kappa shape index (κ2) is 10.9. The van der Waals surface area contributed by atoms with Crippen molar-refractivity contribution in [2.45, 2.75) is 39.0 Å². The molecule has 0 amide bonds. The first kappa shape index (κ1) is 22.1. The Hall–Kier alpha value is -1.95. The van der Waals surface area contributed by atoms with E-state index in [0.717, 1.165) is 5.56 Å². The van der Waals surface area contributed by atoms with E-state index < -0.39 is 17.4 Å². The highest BCUT2D eigenvalue weighted by Gasteiger charge is 2.51. The molecule has 1 aromatic rings. The largest absolute Gasteiger partial charge is 0.468 e. The van der Waals surface area contributed by atoms with E-state index in [2.05, 4.69) is 15.9 Å². The maximum atomic E-state index is 12.7. The molecule has 0 saturated heterocycles. The van der Waals surface area contributed by atoms with E-state index in [9.17, 15) is 14.4 Å². The van der Waals surface area contributed by atoms with Gasteiger partial charge in [-0.05, 0) is 35.4 Å². The first-order valence-electron chi connectivity index (χ1n) is 8.48. The molecule has 0 aliphatic heterocycles. The fourth-order valence-electron chi connectivity index (χ4n) is 2.85. The van der Waals surface area contributed by atoms with E-state index in [1.807, 2.05) is 30.3 Å². The Morgan fingerprint density at radius 3 is 2.08 bits per heavy atom. The summed E-state index contributed by atoms with van der Waals surface area (Å²) in [5.74, 6) is -1.46. The van der Waals surface area contributed by atoms with Gasteiger partial charge < -0.3 is 9.47 Å². The van der Waals surface area contributed by atoms with Gasteiger partial charge in [-0.25, -0.2) is 0 Å². The SMILES string of the molecule is CCC(=O)CCC(C(=O)OC)(C(=O)OC)/C(=C/Br)CCc1ccccc1. The molecule has 1 aromatic carbocycles. The Kier molecular flexibility index (Phi) is 9.27. The highest BCUT2D eigenvalue weighted by Crippen LogP contribution is 2.39. The second-order valence-electron chi connectivity index (χ2n) is 5.90. The molecule has 0 fully saturated rings. The lowest BCUT2D eigenvalue weighted by Gasteiger charge is -2.30. The molecular weight excluding hydrogens is 400 g/mol. The van der Waals surface area contributed by atoms with Crippen LogP contribution in [0.15, 0.2) is 40.9 Å².